The number of carbonyl (C=O) groups excluding carboxylic acids is 1. The number of ketones is 1. The zero-order valence-electron chi connectivity index (χ0n) is 7.92. The summed E-state index contributed by atoms with van der Waals surface area (Å²) < 4.78 is 1.67. The summed E-state index contributed by atoms with van der Waals surface area (Å²) in [4.78, 5) is 11.1. The summed E-state index contributed by atoms with van der Waals surface area (Å²) in [6, 6.07) is 6.57. The quantitative estimate of drug-likeness (QED) is 0.925. The van der Waals surface area contributed by atoms with E-state index in [-0.39, 0.29) is 5.78 Å². The fourth-order valence-corrected chi connectivity index (χ4v) is 1.74. The molecule has 1 aromatic carbocycles. The maximum atomic E-state index is 11.1. The molecule has 0 amide bonds. The van der Waals surface area contributed by atoms with Gasteiger partial charge in [-0.05, 0) is 50.9 Å². The number of nitrogens with zero attached hydrogens (tertiary/aromatic N) is 1. The molecule has 1 atom stereocenters. The third kappa shape index (κ3) is 3.05. The van der Waals surface area contributed by atoms with Crippen molar-refractivity contribution in [1.29, 1.82) is 5.26 Å². The smallest absolute Gasteiger partial charge is 0.173 e. The third-order valence-electron chi connectivity index (χ3n) is 1.79. The molecule has 0 spiro atoms. The van der Waals surface area contributed by atoms with Crippen LogP contribution in [0.1, 0.15) is 6.92 Å². The molecule has 0 heterocycles. The van der Waals surface area contributed by atoms with Crippen LogP contribution in [0, 0.1) is 11.3 Å². The molecule has 78 valence electrons. The lowest BCUT2D eigenvalue weighted by molar-refractivity contribution is -0.116. The predicted octanol–water partition coefficient (Wildman–Crippen LogP) is 3.10. The minimum atomic E-state index is -0.810. The number of benzene rings is 1. The van der Waals surface area contributed by atoms with Crippen molar-refractivity contribution in [2.24, 2.45) is 0 Å². The van der Waals surface area contributed by atoms with Gasteiger partial charge < -0.3 is 5.32 Å². The molecule has 0 bridgehead atoms. The van der Waals surface area contributed by atoms with Gasteiger partial charge in [0, 0.05) is 4.47 Å². The number of Topliss-reactive ketones (excluding diaryl/α,β-unsaturated/α-hetero) is 1. The molecule has 0 aliphatic carbocycles. The lowest BCUT2D eigenvalue weighted by atomic mass is 10.2. The molecule has 0 fully saturated rings. The van der Waals surface area contributed by atoms with Gasteiger partial charge in [-0.15, -0.1) is 0 Å². The number of hydrogen-bond donors (Lipinski definition) is 1. The molecule has 3 nitrogen and oxygen atoms in total. The number of halogens is 2. The maximum Gasteiger partial charge on any atom is 0.173 e. The van der Waals surface area contributed by atoms with E-state index in [1.165, 1.54) is 6.92 Å². The highest BCUT2D eigenvalue weighted by molar-refractivity contribution is 9.13. The van der Waals surface area contributed by atoms with Gasteiger partial charge in [0.05, 0.1) is 16.2 Å². The van der Waals surface area contributed by atoms with E-state index in [4.69, 9.17) is 5.26 Å². The van der Waals surface area contributed by atoms with Gasteiger partial charge in [-0.1, -0.05) is 6.07 Å². The second-order valence-corrected chi connectivity index (χ2v) is 4.57. The average molecular weight is 332 g/mol. The molecule has 1 N–H and O–H groups in total. The summed E-state index contributed by atoms with van der Waals surface area (Å²) in [5.74, 6) is -0.204. The molecule has 0 saturated carbocycles. The van der Waals surface area contributed by atoms with Gasteiger partial charge in [-0.25, -0.2) is 0 Å². The normalized spacial score (nSPS) is 11.6. The van der Waals surface area contributed by atoms with Gasteiger partial charge in [0.1, 0.15) is 0 Å². The molecule has 1 unspecified atom stereocenters. The fourth-order valence-electron chi connectivity index (χ4n) is 0.996. The third-order valence-corrected chi connectivity index (χ3v) is 3.83. The van der Waals surface area contributed by atoms with Crippen molar-refractivity contribution >= 4 is 43.3 Å². The molecular formula is C10H8Br2N2O. The lowest BCUT2D eigenvalue weighted by Gasteiger charge is -2.12. The topological polar surface area (TPSA) is 52.9 Å². The maximum absolute atomic E-state index is 11.1. The Morgan fingerprint density at radius 1 is 1.53 bits per heavy atom. The summed E-state index contributed by atoms with van der Waals surface area (Å²) in [6.45, 7) is 1.38. The molecule has 0 radical (unpaired) electrons. The van der Waals surface area contributed by atoms with Crippen molar-refractivity contribution in [3.8, 4) is 6.07 Å². The van der Waals surface area contributed by atoms with Crippen LogP contribution in [0.5, 0.6) is 0 Å². The highest BCUT2D eigenvalue weighted by atomic mass is 79.9. The van der Waals surface area contributed by atoms with Gasteiger partial charge in [-0.3, -0.25) is 4.79 Å². The number of carbonyl (C=O) groups is 1. The van der Waals surface area contributed by atoms with Crippen molar-refractivity contribution < 1.29 is 4.79 Å². The molecule has 0 aliphatic heterocycles. The Hall–Kier alpha value is -0.860. The van der Waals surface area contributed by atoms with Crippen molar-refractivity contribution in [3.63, 3.8) is 0 Å². The van der Waals surface area contributed by atoms with Gasteiger partial charge in [-0.2, -0.15) is 5.26 Å². The highest BCUT2D eigenvalue weighted by Crippen LogP contribution is 2.30. The Balaban J connectivity index is 2.95. The van der Waals surface area contributed by atoms with Crippen LogP contribution in [0.2, 0.25) is 0 Å². The molecule has 15 heavy (non-hydrogen) atoms. The minimum Gasteiger partial charge on any atom is -0.363 e. The summed E-state index contributed by atoms with van der Waals surface area (Å²) in [7, 11) is 0. The number of anilines is 1. The summed E-state index contributed by atoms with van der Waals surface area (Å²) >= 11 is 6.70. The first-order chi connectivity index (χ1) is 7.06. The lowest BCUT2D eigenvalue weighted by Crippen LogP contribution is -2.25. The number of hydrogen-bond acceptors (Lipinski definition) is 3. The van der Waals surface area contributed by atoms with Crippen molar-refractivity contribution in [2.75, 3.05) is 5.32 Å². The van der Waals surface area contributed by atoms with E-state index < -0.39 is 6.04 Å². The van der Waals surface area contributed by atoms with Crippen LogP contribution in [0.15, 0.2) is 27.1 Å². The van der Waals surface area contributed by atoms with Crippen LogP contribution in [0.3, 0.4) is 0 Å². The first-order valence-electron chi connectivity index (χ1n) is 4.17. The van der Waals surface area contributed by atoms with Gasteiger partial charge in [0.2, 0.25) is 0 Å². The molecule has 1 rings (SSSR count). The van der Waals surface area contributed by atoms with Gasteiger partial charge in [0.25, 0.3) is 0 Å². The van der Waals surface area contributed by atoms with E-state index in [9.17, 15) is 4.79 Å². The molecule has 1 aromatic rings. The summed E-state index contributed by atoms with van der Waals surface area (Å²) in [5, 5.41) is 11.6. The van der Waals surface area contributed by atoms with Crippen molar-refractivity contribution in [3.05, 3.63) is 27.1 Å². The highest BCUT2D eigenvalue weighted by Gasteiger charge is 2.14. The molecule has 0 saturated heterocycles. The Labute approximate surface area is 105 Å². The molecule has 5 heteroatoms. The average Bonchev–Trinajstić information content (AvgIpc) is 2.19. The number of nitriles is 1. The molecular weight excluding hydrogens is 324 g/mol. The second-order valence-electron chi connectivity index (χ2n) is 2.92. The zero-order valence-corrected chi connectivity index (χ0v) is 11.1. The van der Waals surface area contributed by atoms with Gasteiger partial charge in [0.15, 0.2) is 11.8 Å². The predicted molar refractivity (Wildman–Crippen MR) is 65.5 cm³/mol. The summed E-state index contributed by atoms with van der Waals surface area (Å²) in [6.07, 6.45) is 0. The van der Waals surface area contributed by atoms with Crippen LogP contribution < -0.4 is 5.32 Å². The number of nitrogens with one attached hydrogen (secondary N) is 1. The largest absolute Gasteiger partial charge is 0.363 e. The van der Waals surface area contributed by atoms with Crippen LogP contribution in [-0.2, 0) is 4.79 Å². The van der Waals surface area contributed by atoms with Crippen molar-refractivity contribution in [1.82, 2.24) is 0 Å². The van der Waals surface area contributed by atoms with Crippen LogP contribution in [0.25, 0.3) is 0 Å². The van der Waals surface area contributed by atoms with Crippen LogP contribution >= 0.6 is 31.9 Å². The Kier molecular flexibility index (Phi) is 4.30. The van der Waals surface area contributed by atoms with Crippen molar-refractivity contribution in [2.45, 2.75) is 13.0 Å². The monoisotopic (exact) mass is 330 g/mol. The first-order valence-corrected chi connectivity index (χ1v) is 5.75. The van der Waals surface area contributed by atoms with E-state index in [1.54, 1.807) is 6.07 Å². The van der Waals surface area contributed by atoms with Crippen LogP contribution in [-0.4, -0.2) is 11.8 Å². The fraction of sp³-hybridized carbons (Fsp3) is 0.200. The molecule has 0 aromatic heterocycles. The first kappa shape index (κ1) is 12.2. The van der Waals surface area contributed by atoms with E-state index >= 15 is 0 Å². The van der Waals surface area contributed by atoms with E-state index in [1.807, 2.05) is 18.2 Å². The number of rotatable bonds is 3. The van der Waals surface area contributed by atoms with E-state index in [2.05, 4.69) is 37.2 Å². The summed E-state index contributed by atoms with van der Waals surface area (Å²) in [5.41, 5.74) is 0.714. The second kappa shape index (κ2) is 5.29. The molecule has 0 aliphatic rings. The Bertz CT molecular complexity index is 426. The Morgan fingerprint density at radius 2 is 2.20 bits per heavy atom. The van der Waals surface area contributed by atoms with Crippen LogP contribution in [0.4, 0.5) is 5.69 Å². The minimum absolute atomic E-state index is 0.204. The zero-order chi connectivity index (χ0) is 11.4. The van der Waals surface area contributed by atoms with E-state index in [0.717, 1.165) is 8.95 Å². The van der Waals surface area contributed by atoms with E-state index in [0.29, 0.717) is 5.69 Å². The Morgan fingerprint density at radius 3 is 2.73 bits per heavy atom. The SMILES string of the molecule is CC(=O)C(C#N)Nc1cccc(Br)c1Br. The standard InChI is InChI=1S/C10H8Br2N2O/c1-6(15)9(5-13)14-8-4-2-3-7(11)10(8)12/h2-4,9,14H,1H3. The van der Waals surface area contributed by atoms with Gasteiger partial charge >= 0.3 is 0 Å².